The summed E-state index contributed by atoms with van der Waals surface area (Å²) in [6.45, 7) is 0.421. The van der Waals surface area contributed by atoms with Crippen molar-refractivity contribution in [3.05, 3.63) is 12.4 Å². The Balaban J connectivity index is 2.41. The number of amides is 2. The minimum absolute atomic E-state index is 0.0226. The Bertz CT molecular complexity index is 446. The molecule has 0 aromatic carbocycles. The van der Waals surface area contributed by atoms with Crippen LogP contribution in [0.5, 0.6) is 0 Å². The predicted molar refractivity (Wildman–Crippen MR) is 61.8 cm³/mol. The van der Waals surface area contributed by atoms with Crippen LogP contribution in [0.4, 0.5) is 5.69 Å². The monoisotopic (exact) mass is 235 g/mol. The van der Waals surface area contributed by atoms with Gasteiger partial charge in [-0.3, -0.25) is 19.6 Å². The van der Waals surface area contributed by atoms with Crippen molar-refractivity contribution in [2.75, 3.05) is 18.4 Å². The maximum atomic E-state index is 11.3. The highest BCUT2D eigenvalue weighted by molar-refractivity contribution is 5.92. The molecule has 0 aliphatic carbocycles. The number of hydrogen-bond donors (Lipinski definition) is 3. The molecule has 0 bridgehead atoms. The van der Waals surface area contributed by atoms with E-state index in [-0.39, 0.29) is 19.0 Å². The number of anilines is 1. The van der Waals surface area contributed by atoms with Crippen molar-refractivity contribution in [1.82, 2.24) is 15.1 Å². The van der Waals surface area contributed by atoms with E-state index in [2.05, 4.69) is 21.7 Å². The predicted octanol–water partition coefficient (Wildman–Crippen LogP) is -1.47. The van der Waals surface area contributed by atoms with Gasteiger partial charge in [0.2, 0.25) is 11.8 Å². The van der Waals surface area contributed by atoms with Crippen molar-refractivity contribution < 1.29 is 9.59 Å². The molecule has 0 atom stereocenters. The lowest BCUT2D eigenvalue weighted by atomic mass is 10.5. The summed E-state index contributed by atoms with van der Waals surface area (Å²) < 4.78 is 1.34. The van der Waals surface area contributed by atoms with Gasteiger partial charge < -0.3 is 11.1 Å². The van der Waals surface area contributed by atoms with Crippen LogP contribution >= 0.6 is 0 Å². The average molecular weight is 235 g/mol. The molecule has 0 fully saturated rings. The second-order valence-corrected chi connectivity index (χ2v) is 3.25. The molecule has 90 valence electrons. The van der Waals surface area contributed by atoms with Crippen LogP contribution in [0.25, 0.3) is 0 Å². The Morgan fingerprint density at radius 1 is 1.59 bits per heavy atom. The standard InChI is InChI=1S/C10H13N5O2/c1-2-3-12-5-10(17)14-8-4-13-15(6-8)7-9(11)16/h1,4,6,12H,3,5,7H2,(H2,11,16)(H,14,17). The molecule has 1 rings (SSSR count). The maximum absolute atomic E-state index is 11.3. The molecule has 7 heteroatoms. The zero-order valence-corrected chi connectivity index (χ0v) is 9.14. The molecule has 0 aliphatic heterocycles. The maximum Gasteiger partial charge on any atom is 0.239 e. The summed E-state index contributed by atoms with van der Waals surface area (Å²) in [5.74, 6) is 1.62. The van der Waals surface area contributed by atoms with Crippen LogP contribution in [-0.2, 0) is 16.1 Å². The van der Waals surface area contributed by atoms with Crippen LogP contribution in [0.2, 0.25) is 0 Å². The third-order valence-corrected chi connectivity index (χ3v) is 1.75. The van der Waals surface area contributed by atoms with Gasteiger partial charge in [-0.2, -0.15) is 5.10 Å². The number of carbonyl (C=O) groups is 2. The van der Waals surface area contributed by atoms with E-state index in [4.69, 9.17) is 12.2 Å². The zero-order valence-electron chi connectivity index (χ0n) is 9.14. The first kappa shape index (κ1) is 12.7. The second-order valence-electron chi connectivity index (χ2n) is 3.25. The molecule has 7 nitrogen and oxygen atoms in total. The van der Waals surface area contributed by atoms with E-state index >= 15 is 0 Å². The number of rotatable bonds is 6. The lowest BCUT2D eigenvalue weighted by Gasteiger charge is -2.01. The largest absolute Gasteiger partial charge is 0.368 e. The number of aromatic nitrogens is 2. The number of hydrogen-bond acceptors (Lipinski definition) is 4. The van der Waals surface area contributed by atoms with Crippen molar-refractivity contribution in [1.29, 1.82) is 0 Å². The molecule has 0 aliphatic rings. The van der Waals surface area contributed by atoms with Crippen molar-refractivity contribution in [3.8, 4) is 12.3 Å². The summed E-state index contributed by atoms with van der Waals surface area (Å²) in [5, 5.41) is 9.19. The van der Waals surface area contributed by atoms with E-state index in [9.17, 15) is 9.59 Å². The molecule has 0 saturated heterocycles. The molecule has 1 heterocycles. The van der Waals surface area contributed by atoms with Gasteiger partial charge >= 0.3 is 0 Å². The third-order valence-electron chi connectivity index (χ3n) is 1.75. The van der Waals surface area contributed by atoms with E-state index in [0.717, 1.165) is 0 Å². The molecule has 4 N–H and O–H groups in total. The van der Waals surface area contributed by atoms with E-state index in [1.807, 2.05) is 0 Å². The summed E-state index contributed by atoms with van der Waals surface area (Å²) in [4.78, 5) is 22.0. The Labute approximate surface area is 98.4 Å². The number of carbonyl (C=O) groups excluding carboxylic acids is 2. The van der Waals surface area contributed by atoms with E-state index < -0.39 is 5.91 Å². The van der Waals surface area contributed by atoms with Gasteiger partial charge in [0, 0.05) is 6.20 Å². The highest BCUT2D eigenvalue weighted by Gasteiger charge is 2.04. The van der Waals surface area contributed by atoms with E-state index in [1.54, 1.807) is 0 Å². The highest BCUT2D eigenvalue weighted by atomic mass is 16.2. The van der Waals surface area contributed by atoms with Crippen LogP contribution in [0.3, 0.4) is 0 Å². The number of nitrogens with zero attached hydrogens (tertiary/aromatic N) is 2. The second kappa shape index (κ2) is 6.30. The molecule has 0 radical (unpaired) electrons. The van der Waals surface area contributed by atoms with Gasteiger partial charge in [0.25, 0.3) is 0 Å². The first-order chi connectivity index (χ1) is 8.11. The van der Waals surface area contributed by atoms with E-state index in [0.29, 0.717) is 12.2 Å². The molecule has 0 spiro atoms. The number of nitrogens with two attached hydrogens (primary N) is 1. The van der Waals surface area contributed by atoms with Gasteiger partial charge in [0.05, 0.1) is 25.0 Å². The van der Waals surface area contributed by atoms with Gasteiger partial charge in [0.15, 0.2) is 0 Å². The molecule has 1 aromatic heterocycles. The Kier molecular flexibility index (Phi) is 4.72. The third kappa shape index (κ3) is 4.81. The van der Waals surface area contributed by atoms with Crippen LogP contribution in [0.15, 0.2) is 12.4 Å². The highest BCUT2D eigenvalue weighted by Crippen LogP contribution is 2.03. The fraction of sp³-hybridized carbons (Fsp3) is 0.300. The van der Waals surface area contributed by atoms with Crippen LogP contribution in [0.1, 0.15) is 0 Å². The molecule has 0 saturated carbocycles. The normalized spacial score (nSPS) is 9.59. The first-order valence-electron chi connectivity index (χ1n) is 4.86. The topological polar surface area (TPSA) is 102 Å². The summed E-state index contributed by atoms with van der Waals surface area (Å²) in [5.41, 5.74) is 5.50. The van der Waals surface area contributed by atoms with Crippen LogP contribution < -0.4 is 16.4 Å². The van der Waals surface area contributed by atoms with Gasteiger partial charge in [0.1, 0.15) is 6.54 Å². The molecule has 0 unspecified atom stereocenters. The number of nitrogens with one attached hydrogen (secondary N) is 2. The quantitative estimate of drug-likeness (QED) is 0.414. The lowest BCUT2D eigenvalue weighted by molar-refractivity contribution is -0.118. The Morgan fingerprint density at radius 2 is 2.35 bits per heavy atom. The summed E-state index contributed by atoms with van der Waals surface area (Å²) in [6, 6.07) is 0. The minimum Gasteiger partial charge on any atom is -0.368 e. The molecule has 2 amide bonds. The van der Waals surface area contributed by atoms with Crippen molar-refractivity contribution >= 4 is 17.5 Å². The SMILES string of the molecule is C#CCNCC(=O)Nc1cnn(CC(N)=O)c1. The van der Waals surface area contributed by atoms with Crippen LogP contribution in [-0.4, -0.2) is 34.7 Å². The molecular weight excluding hydrogens is 222 g/mol. The fourth-order valence-corrected chi connectivity index (χ4v) is 1.13. The first-order valence-corrected chi connectivity index (χ1v) is 4.86. The average Bonchev–Trinajstić information content (AvgIpc) is 2.64. The zero-order chi connectivity index (χ0) is 12.7. The Morgan fingerprint density at radius 3 is 3.00 bits per heavy atom. The van der Waals surface area contributed by atoms with Gasteiger partial charge in [-0.1, -0.05) is 5.92 Å². The van der Waals surface area contributed by atoms with Crippen molar-refractivity contribution in [2.45, 2.75) is 6.54 Å². The summed E-state index contributed by atoms with van der Waals surface area (Å²) in [7, 11) is 0. The molecule has 17 heavy (non-hydrogen) atoms. The number of terminal acetylenes is 1. The van der Waals surface area contributed by atoms with Crippen molar-refractivity contribution in [3.63, 3.8) is 0 Å². The lowest BCUT2D eigenvalue weighted by Crippen LogP contribution is -2.28. The number of primary amides is 1. The van der Waals surface area contributed by atoms with Crippen LogP contribution in [0, 0.1) is 12.3 Å². The Hall–Kier alpha value is -2.33. The summed E-state index contributed by atoms with van der Waals surface area (Å²) in [6.07, 6.45) is 7.97. The fourth-order valence-electron chi connectivity index (χ4n) is 1.13. The minimum atomic E-state index is -0.498. The molecular formula is C10H13N5O2. The van der Waals surface area contributed by atoms with Gasteiger partial charge in [-0.15, -0.1) is 6.42 Å². The van der Waals surface area contributed by atoms with Gasteiger partial charge in [-0.05, 0) is 0 Å². The van der Waals surface area contributed by atoms with Crippen molar-refractivity contribution in [2.24, 2.45) is 5.73 Å². The van der Waals surface area contributed by atoms with E-state index in [1.165, 1.54) is 17.1 Å². The summed E-state index contributed by atoms with van der Waals surface area (Å²) >= 11 is 0. The van der Waals surface area contributed by atoms with Gasteiger partial charge in [-0.25, -0.2) is 0 Å². The molecule has 1 aromatic rings. The smallest absolute Gasteiger partial charge is 0.239 e.